The molecule has 1 aliphatic heterocycles. The van der Waals surface area contributed by atoms with Gasteiger partial charge in [0.25, 0.3) is 0 Å². The lowest BCUT2D eigenvalue weighted by atomic mass is 9.75. The number of benzene rings is 2. The highest BCUT2D eigenvalue weighted by Gasteiger charge is 2.39. The fourth-order valence-electron chi connectivity index (χ4n) is 4.61. The van der Waals surface area contributed by atoms with Crippen LogP contribution in [-0.4, -0.2) is 34.5 Å². The Kier molecular flexibility index (Phi) is 5.36. The average molecular weight is 384 g/mol. The predicted molar refractivity (Wildman–Crippen MR) is 107 cm³/mol. The minimum Gasteiger partial charge on any atom is -0.497 e. The summed E-state index contributed by atoms with van der Waals surface area (Å²) in [5, 5.41) is 0. The zero-order valence-corrected chi connectivity index (χ0v) is 17.0. The van der Waals surface area contributed by atoms with Gasteiger partial charge in [0, 0.05) is 11.5 Å². The van der Waals surface area contributed by atoms with Crippen molar-refractivity contribution in [3.63, 3.8) is 0 Å². The van der Waals surface area contributed by atoms with Crippen molar-refractivity contribution in [2.45, 2.75) is 43.8 Å². The number of hydrogen-bond acceptors (Lipinski definition) is 5. The quantitative estimate of drug-likeness (QED) is 0.736. The van der Waals surface area contributed by atoms with Gasteiger partial charge < -0.3 is 23.7 Å². The van der Waals surface area contributed by atoms with Crippen molar-refractivity contribution in [2.24, 2.45) is 0 Å². The topological polar surface area (TPSA) is 46.2 Å². The van der Waals surface area contributed by atoms with Crippen LogP contribution in [0.4, 0.5) is 0 Å². The normalized spacial score (nSPS) is 23.4. The molecule has 0 aromatic heterocycles. The smallest absolute Gasteiger partial charge is 0.161 e. The molecule has 1 aliphatic carbocycles. The number of fused-ring (bicyclic) bond motifs is 3. The Morgan fingerprint density at radius 1 is 0.714 bits per heavy atom. The van der Waals surface area contributed by atoms with Gasteiger partial charge in [-0.1, -0.05) is 12.8 Å². The summed E-state index contributed by atoms with van der Waals surface area (Å²) in [6.07, 6.45) is 4.59. The van der Waals surface area contributed by atoms with Gasteiger partial charge in [-0.25, -0.2) is 0 Å². The second-order valence-corrected chi connectivity index (χ2v) is 7.39. The Balaban J connectivity index is 1.90. The number of rotatable bonds is 5. The molecule has 1 heterocycles. The Morgan fingerprint density at radius 2 is 1.39 bits per heavy atom. The zero-order chi connectivity index (χ0) is 19.7. The van der Waals surface area contributed by atoms with Crippen molar-refractivity contribution in [3.05, 3.63) is 47.0 Å². The van der Waals surface area contributed by atoms with Crippen LogP contribution in [0.3, 0.4) is 0 Å². The minimum atomic E-state index is -0.237. The molecular weight excluding hydrogens is 356 g/mol. The van der Waals surface area contributed by atoms with Crippen molar-refractivity contribution in [1.29, 1.82) is 0 Å². The summed E-state index contributed by atoms with van der Waals surface area (Å²) in [7, 11) is 6.71. The van der Waals surface area contributed by atoms with Gasteiger partial charge in [0.2, 0.25) is 0 Å². The van der Waals surface area contributed by atoms with Gasteiger partial charge >= 0.3 is 0 Å². The zero-order valence-electron chi connectivity index (χ0n) is 17.0. The Hall–Kier alpha value is -2.40. The van der Waals surface area contributed by atoms with Gasteiger partial charge in [0.05, 0.1) is 34.5 Å². The third kappa shape index (κ3) is 3.18. The van der Waals surface area contributed by atoms with Crippen molar-refractivity contribution < 1.29 is 23.7 Å². The van der Waals surface area contributed by atoms with E-state index < -0.39 is 0 Å². The van der Waals surface area contributed by atoms with Crippen LogP contribution in [0.2, 0.25) is 0 Å². The highest BCUT2D eigenvalue weighted by Crippen LogP contribution is 2.51. The van der Waals surface area contributed by atoms with E-state index in [-0.39, 0.29) is 12.2 Å². The first-order chi connectivity index (χ1) is 13.7. The predicted octanol–water partition coefficient (Wildman–Crippen LogP) is 4.87. The molecule has 0 unspecified atom stereocenters. The minimum absolute atomic E-state index is 0.195. The largest absolute Gasteiger partial charge is 0.497 e. The Labute approximate surface area is 166 Å². The first-order valence-electron chi connectivity index (χ1n) is 9.83. The molecule has 0 bridgehead atoms. The maximum Gasteiger partial charge on any atom is 0.161 e. The second-order valence-electron chi connectivity index (χ2n) is 7.39. The van der Waals surface area contributed by atoms with E-state index in [1.807, 2.05) is 18.2 Å². The molecule has 1 fully saturated rings. The second kappa shape index (κ2) is 7.92. The van der Waals surface area contributed by atoms with E-state index in [1.54, 1.807) is 28.4 Å². The van der Waals surface area contributed by atoms with E-state index in [0.717, 1.165) is 41.2 Å². The summed E-state index contributed by atoms with van der Waals surface area (Å²) in [5.41, 5.74) is 3.38. The van der Waals surface area contributed by atoms with Gasteiger partial charge in [-0.15, -0.1) is 0 Å². The van der Waals surface area contributed by atoms with Crippen LogP contribution in [0.15, 0.2) is 30.3 Å². The van der Waals surface area contributed by atoms with E-state index in [1.165, 1.54) is 18.4 Å². The van der Waals surface area contributed by atoms with Crippen LogP contribution in [0.1, 0.15) is 54.4 Å². The molecule has 28 heavy (non-hydrogen) atoms. The van der Waals surface area contributed by atoms with Gasteiger partial charge in [-0.2, -0.15) is 0 Å². The van der Waals surface area contributed by atoms with Crippen molar-refractivity contribution in [1.82, 2.24) is 0 Å². The molecule has 0 amide bonds. The molecule has 0 spiro atoms. The highest BCUT2D eigenvalue weighted by atomic mass is 16.5. The monoisotopic (exact) mass is 384 g/mol. The number of methoxy groups -OCH3 is 4. The van der Waals surface area contributed by atoms with Gasteiger partial charge in [-0.3, -0.25) is 0 Å². The van der Waals surface area contributed by atoms with Crippen LogP contribution in [0, 0.1) is 0 Å². The third-order valence-electron chi connectivity index (χ3n) is 6.00. The lowest BCUT2D eigenvalue weighted by Crippen LogP contribution is -2.34. The van der Waals surface area contributed by atoms with Crippen LogP contribution < -0.4 is 18.9 Å². The average Bonchev–Trinajstić information content (AvgIpc) is 2.76. The Morgan fingerprint density at radius 3 is 2.07 bits per heavy atom. The van der Waals surface area contributed by atoms with E-state index >= 15 is 0 Å². The maximum absolute atomic E-state index is 6.69. The molecule has 2 aromatic rings. The van der Waals surface area contributed by atoms with Crippen LogP contribution >= 0.6 is 0 Å². The molecule has 2 aromatic carbocycles. The molecule has 0 radical (unpaired) electrons. The van der Waals surface area contributed by atoms with E-state index in [2.05, 4.69) is 12.1 Å². The number of ether oxygens (including phenoxy) is 5. The lowest BCUT2D eigenvalue weighted by molar-refractivity contribution is -0.0399. The summed E-state index contributed by atoms with van der Waals surface area (Å²) in [4.78, 5) is 0. The molecule has 5 heteroatoms. The summed E-state index contributed by atoms with van der Waals surface area (Å²) in [6, 6.07) is 10.0. The van der Waals surface area contributed by atoms with Crippen LogP contribution in [-0.2, 0) is 4.74 Å². The molecule has 3 atom stereocenters. The highest BCUT2D eigenvalue weighted by molar-refractivity contribution is 5.55. The summed E-state index contributed by atoms with van der Waals surface area (Å²) in [6.45, 7) is 0. The molecule has 5 nitrogen and oxygen atoms in total. The van der Waals surface area contributed by atoms with Crippen LogP contribution in [0.25, 0.3) is 0 Å². The molecule has 0 N–H and O–H groups in total. The fourth-order valence-corrected chi connectivity index (χ4v) is 4.61. The van der Waals surface area contributed by atoms with E-state index in [0.29, 0.717) is 11.7 Å². The molecule has 1 saturated carbocycles. The van der Waals surface area contributed by atoms with Crippen molar-refractivity contribution in [3.8, 4) is 23.0 Å². The van der Waals surface area contributed by atoms with Crippen LogP contribution in [0.5, 0.6) is 23.0 Å². The first-order valence-corrected chi connectivity index (χ1v) is 9.83. The van der Waals surface area contributed by atoms with E-state index in [4.69, 9.17) is 23.7 Å². The van der Waals surface area contributed by atoms with Crippen molar-refractivity contribution >= 4 is 0 Å². The molecule has 2 aliphatic rings. The SMILES string of the molecule is COc1ccc(OC)c([C@@H]2O[C@@H]3CCCC[C@@H]3c3cc(OC)c(OC)cc32)c1. The number of hydrogen-bond donors (Lipinski definition) is 0. The van der Waals surface area contributed by atoms with Crippen molar-refractivity contribution in [2.75, 3.05) is 28.4 Å². The van der Waals surface area contributed by atoms with Gasteiger partial charge in [-0.05, 0) is 54.3 Å². The van der Waals surface area contributed by atoms with Gasteiger partial charge in [0.15, 0.2) is 11.5 Å². The fraction of sp³-hybridized carbons (Fsp3) is 0.478. The van der Waals surface area contributed by atoms with Gasteiger partial charge in [0.1, 0.15) is 17.6 Å². The maximum atomic E-state index is 6.69. The molecule has 4 rings (SSSR count). The van der Waals surface area contributed by atoms with E-state index in [9.17, 15) is 0 Å². The molecular formula is C23H28O5. The first kappa shape index (κ1) is 18.9. The third-order valence-corrected chi connectivity index (χ3v) is 6.00. The standard InChI is InChI=1S/C23H28O5/c1-24-14-9-10-19(25-2)18(11-14)23-17-13-22(27-4)21(26-3)12-16(17)15-7-5-6-8-20(15)28-23/h9-13,15,20,23H,5-8H2,1-4H3/t15-,20-,23-/m1/s1. The molecule has 0 saturated heterocycles. The summed E-state index contributed by atoms with van der Waals surface area (Å²) >= 11 is 0. The lowest BCUT2D eigenvalue weighted by Gasteiger charge is -2.41. The summed E-state index contributed by atoms with van der Waals surface area (Å²) in [5.74, 6) is 3.44. The summed E-state index contributed by atoms with van der Waals surface area (Å²) < 4.78 is 29.0. The Bertz CT molecular complexity index is 847. The molecule has 150 valence electrons.